The largest absolute Gasteiger partial charge is 0.394 e. The molecule has 0 aromatic carbocycles. The van der Waals surface area contributed by atoms with Gasteiger partial charge in [-0.1, -0.05) is 25.5 Å². The summed E-state index contributed by atoms with van der Waals surface area (Å²) < 4.78 is 11.0. The first-order valence-electron chi connectivity index (χ1n) is 6.65. The standard InChI is InChI=1S/C14H24O3/c1-14(2)7-5-11(6-8-14)3-4-13-16-10-12(9-15)17-13/h3,12-13,15H,4-10H2,1-2H3. The van der Waals surface area contributed by atoms with Crippen LogP contribution in [0.5, 0.6) is 0 Å². The van der Waals surface area contributed by atoms with Gasteiger partial charge in [0.05, 0.1) is 13.2 Å². The second-order valence-electron chi connectivity index (χ2n) is 5.97. The molecule has 0 radical (unpaired) electrons. The molecule has 1 saturated heterocycles. The molecule has 0 amide bonds. The number of hydrogen-bond donors (Lipinski definition) is 1. The topological polar surface area (TPSA) is 38.7 Å². The van der Waals surface area contributed by atoms with Crippen LogP contribution in [0.4, 0.5) is 0 Å². The van der Waals surface area contributed by atoms with Crippen LogP contribution < -0.4 is 0 Å². The van der Waals surface area contributed by atoms with Crippen molar-refractivity contribution < 1.29 is 14.6 Å². The van der Waals surface area contributed by atoms with Crippen molar-refractivity contribution in [2.24, 2.45) is 5.41 Å². The van der Waals surface area contributed by atoms with E-state index in [9.17, 15) is 0 Å². The number of allylic oxidation sites excluding steroid dienone is 1. The Hall–Kier alpha value is -0.380. The lowest BCUT2D eigenvalue weighted by Gasteiger charge is -2.30. The molecule has 3 heteroatoms. The van der Waals surface area contributed by atoms with Crippen LogP contribution in [0.15, 0.2) is 11.6 Å². The monoisotopic (exact) mass is 240 g/mol. The molecule has 2 rings (SSSR count). The lowest BCUT2D eigenvalue weighted by atomic mass is 9.75. The predicted molar refractivity (Wildman–Crippen MR) is 66.6 cm³/mol. The summed E-state index contributed by atoms with van der Waals surface area (Å²) in [4.78, 5) is 0. The molecule has 2 aliphatic rings. The van der Waals surface area contributed by atoms with Gasteiger partial charge in [-0.25, -0.2) is 0 Å². The van der Waals surface area contributed by atoms with Gasteiger partial charge in [0.2, 0.25) is 0 Å². The Morgan fingerprint density at radius 2 is 2.06 bits per heavy atom. The van der Waals surface area contributed by atoms with Crippen molar-refractivity contribution in [1.82, 2.24) is 0 Å². The summed E-state index contributed by atoms with van der Waals surface area (Å²) in [5, 5.41) is 8.94. The Morgan fingerprint density at radius 1 is 1.35 bits per heavy atom. The van der Waals surface area contributed by atoms with Gasteiger partial charge in [-0.05, 0) is 31.1 Å². The summed E-state index contributed by atoms with van der Waals surface area (Å²) in [5.74, 6) is 0. The molecule has 1 aliphatic heterocycles. The van der Waals surface area contributed by atoms with Crippen molar-refractivity contribution in [2.75, 3.05) is 13.2 Å². The summed E-state index contributed by atoms with van der Waals surface area (Å²) in [7, 11) is 0. The lowest BCUT2D eigenvalue weighted by Crippen LogP contribution is -2.17. The van der Waals surface area contributed by atoms with E-state index in [1.54, 1.807) is 5.57 Å². The van der Waals surface area contributed by atoms with Gasteiger partial charge in [-0.2, -0.15) is 0 Å². The molecule has 1 heterocycles. The predicted octanol–water partition coefficient (Wildman–Crippen LogP) is 2.64. The lowest BCUT2D eigenvalue weighted by molar-refractivity contribution is -0.0617. The fourth-order valence-corrected chi connectivity index (χ4v) is 2.44. The van der Waals surface area contributed by atoms with E-state index in [4.69, 9.17) is 14.6 Å². The van der Waals surface area contributed by atoms with Crippen LogP contribution in [-0.4, -0.2) is 30.7 Å². The third-order valence-electron chi connectivity index (χ3n) is 3.86. The molecule has 3 nitrogen and oxygen atoms in total. The molecule has 98 valence electrons. The molecule has 0 aromatic rings. The van der Waals surface area contributed by atoms with Gasteiger partial charge in [0.25, 0.3) is 0 Å². The highest BCUT2D eigenvalue weighted by molar-refractivity contribution is 5.07. The summed E-state index contributed by atoms with van der Waals surface area (Å²) in [5.41, 5.74) is 2.06. The minimum absolute atomic E-state index is 0.0568. The fourth-order valence-electron chi connectivity index (χ4n) is 2.44. The molecule has 1 saturated carbocycles. The van der Waals surface area contributed by atoms with Crippen molar-refractivity contribution in [3.63, 3.8) is 0 Å². The minimum Gasteiger partial charge on any atom is -0.394 e. The Balaban J connectivity index is 1.75. The zero-order valence-electron chi connectivity index (χ0n) is 10.9. The van der Waals surface area contributed by atoms with Crippen molar-refractivity contribution in [3.05, 3.63) is 11.6 Å². The van der Waals surface area contributed by atoms with Gasteiger partial charge < -0.3 is 14.6 Å². The maximum atomic E-state index is 8.94. The zero-order valence-corrected chi connectivity index (χ0v) is 10.9. The van der Waals surface area contributed by atoms with Gasteiger partial charge in [0, 0.05) is 6.42 Å². The van der Waals surface area contributed by atoms with Crippen molar-refractivity contribution >= 4 is 0 Å². The smallest absolute Gasteiger partial charge is 0.161 e. The molecule has 1 aliphatic carbocycles. The van der Waals surface area contributed by atoms with Crippen LogP contribution in [0, 0.1) is 5.41 Å². The van der Waals surface area contributed by atoms with E-state index in [-0.39, 0.29) is 19.0 Å². The highest BCUT2D eigenvalue weighted by Crippen LogP contribution is 2.37. The van der Waals surface area contributed by atoms with E-state index >= 15 is 0 Å². The van der Waals surface area contributed by atoms with Crippen LogP contribution >= 0.6 is 0 Å². The Kier molecular flexibility index (Phi) is 4.23. The number of aliphatic hydroxyl groups excluding tert-OH is 1. The first-order chi connectivity index (χ1) is 8.09. The average Bonchev–Trinajstić information content (AvgIpc) is 2.75. The molecular formula is C14H24O3. The molecule has 2 atom stereocenters. The third kappa shape index (κ3) is 3.80. The van der Waals surface area contributed by atoms with Crippen molar-refractivity contribution in [3.8, 4) is 0 Å². The molecule has 0 bridgehead atoms. The summed E-state index contributed by atoms with van der Waals surface area (Å²) in [6.07, 6.45) is 7.82. The SMILES string of the molecule is CC1(C)CCC(=CCC2OCC(CO)O2)CC1. The molecule has 2 fully saturated rings. The highest BCUT2D eigenvalue weighted by atomic mass is 16.7. The van der Waals surface area contributed by atoms with Crippen LogP contribution in [-0.2, 0) is 9.47 Å². The normalized spacial score (nSPS) is 32.8. The van der Waals surface area contributed by atoms with Crippen LogP contribution in [0.1, 0.15) is 46.0 Å². The Labute approximate surface area is 104 Å². The van der Waals surface area contributed by atoms with Gasteiger partial charge in [-0.3, -0.25) is 0 Å². The van der Waals surface area contributed by atoms with E-state index in [2.05, 4.69) is 19.9 Å². The molecule has 0 spiro atoms. The molecule has 17 heavy (non-hydrogen) atoms. The molecule has 2 unspecified atom stereocenters. The minimum atomic E-state index is -0.144. The van der Waals surface area contributed by atoms with Gasteiger partial charge in [0.15, 0.2) is 6.29 Å². The fraction of sp³-hybridized carbons (Fsp3) is 0.857. The summed E-state index contributed by atoms with van der Waals surface area (Å²) in [6, 6.07) is 0. The maximum Gasteiger partial charge on any atom is 0.161 e. The number of ether oxygens (including phenoxy) is 2. The van der Waals surface area contributed by atoms with Gasteiger partial charge in [0.1, 0.15) is 6.10 Å². The van der Waals surface area contributed by atoms with E-state index in [0.29, 0.717) is 12.0 Å². The molecule has 1 N–H and O–H groups in total. The Bertz CT molecular complexity index is 271. The van der Waals surface area contributed by atoms with Gasteiger partial charge in [-0.15, -0.1) is 0 Å². The zero-order chi connectivity index (χ0) is 12.3. The Morgan fingerprint density at radius 3 is 2.65 bits per heavy atom. The summed E-state index contributed by atoms with van der Waals surface area (Å²) >= 11 is 0. The number of rotatable bonds is 3. The van der Waals surface area contributed by atoms with E-state index in [1.165, 1.54) is 25.7 Å². The second kappa shape index (κ2) is 5.51. The van der Waals surface area contributed by atoms with Gasteiger partial charge >= 0.3 is 0 Å². The average molecular weight is 240 g/mol. The van der Waals surface area contributed by atoms with Crippen molar-refractivity contribution in [1.29, 1.82) is 0 Å². The van der Waals surface area contributed by atoms with Crippen LogP contribution in [0.2, 0.25) is 0 Å². The molecule has 0 aromatic heterocycles. The van der Waals surface area contributed by atoms with Crippen LogP contribution in [0.25, 0.3) is 0 Å². The first kappa shape index (κ1) is 13.1. The number of hydrogen-bond acceptors (Lipinski definition) is 3. The third-order valence-corrected chi connectivity index (χ3v) is 3.86. The van der Waals surface area contributed by atoms with Crippen molar-refractivity contribution in [2.45, 2.75) is 58.3 Å². The van der Waals surface area contributed by atoms with E-state index < -0.39 is 0 Å². The highest BCUT2D eigenvalue weighted by Gasteiger charge is 2.26. The summed E-state index contributed by atoms with van der Waals surface area (Å²) in [6.45, 7) is 5.27. The first-order valence-corrected chi connectivity index (χ1v) is 6.65. The van der Waals surface area contributed by atoms with E-state index in [0.717, 1.165) is 6.42 Å². The van der Waals surface area contributed by atoms with Crippen LogP contribution in [0.3, 0.4) is 0 Å². The van der Waals surface area contributed by atoms with E-state index in [1.807, 2.05) is 0 Å². The second-order valence-corrected chi connectivity index (χ2v) is 5.97. The molecular weight excluding hydrogens is 216 g/mol. The number of aliphatic hydroxyl groups is 1. The maximum absolute atomic E-state index is 8.94. The quantitative estimate of drug-likeness (QED) is 0.771.